The van der Waals surface area contributed by atoms with E-state index in [-0.39, 0.29) is 12.1 Å². The van der Waals surface area contributed by atoms with Crippen molar-refractivity contribution < 1.29 is 9.90 Å². The Balaban J connectivity index is 2.02. The molecule has 3 rings (SSSR count). The number of piperidine rings is 1. The smallest absolute Gasteiger partial charge is 0.320 e. The molecule has 0 radical (unpaired) electrons. The Morgan fingerprint density at radius 2 is 1.73 bits per heavy atom. The van der Waals surface area contributed by atoms with Gasteiger partial charge in [0.1, 0.15) is 6.04 Å². The van der Waals surface area contributed by atoms with Crippen LogP contribution in [0.5, 0.6) is 0 Å². The maximum absolute atomic E-state index is 11.7. The number of aliphatic carboxylic acids is 1. The third-order valence-corrected chi connectivity index (χ3v) is 6.33. The summed E-state index contributed by atoms with van der Waals surface area (Å²) in [5.74, 6) is -0.689. The monoisotopic (exact) mass is 335 g/mol. The molecule has 1 unspecified atom stereocenters. The number of carbonyl (C=O) groups is 1. The molecule has 0 amide bonds. The average molecular weight is 335 g/mol. The van der Waals surface area contributed by atoms with Gasteiger partial charge in [-0.1, -0.05) is 6.42 Å². The van der Waals surface area contributed by atoms with Crippen LogP contribution in [0.15, 0.2) is 24.3 Å². The molecule has 0 aliphatic carbocycles. The topological polar surface area (TPSA) is 40.5 Å². The normalized spacial score (nSPS) is 19.7. The third kappa shape index (κ3) is 3.12. The predicted molar refractivity (Wildman–Crippen MR) is 91.9 cm³/mol. The van der Waals surface area contributed by atoms with Crippen LogP contribution in [0.1, 0.15) is 44.8 Å². The molecular formula is C17H21NO2S2. The van der Waals surface area contributed by atoms with E-state index in [0.29, 0.717) is 0 Å². The minimum absolute atomic E-state index is 0.0822. The first-order valence-electron chi connectivity index (χ1n) is 7.67. The number of thiophene rings is 2. The highest BCUT2D eigenvalue weighted by Crippen LogP contribution is 2.39. The van der Waals surface area contributed by atoms with Gasteiger partial charge in [-0.15, -0.1) is 22.7 Å². The summed E-state index contributed by atoms with van der Waals surface area (Å²) in [6, 6.07) is 8.29. The first-order chi connectivity index (χ1) is 10.6. The molecule has 1 saturated heterocycles. The molecule has 5 heteroatoms. The van der Waals surface area contributed by atoms with Crippen molar-refractivity contribution in [3.8, 4) is 0 Å². The minimum atomic E-state index is -0.689. The summed E-state index contributed by atoms with van der Waals surface area (Å²) < 4.78 is 0. The molecule has 3 heterocycles. The van der Waals surface area contributed by atoms with Crippen LogP contribution < -0.4 is 0 Å². The largest absolute Gasteiger partial charge is 0.480 e. The second-order valence-electron chi connectivity index (χ2n) is 5.89. The average Bonchev–Trinajstić information content (AvgIpc) is 3.09. The van der Waals surface area contributed by atoms with E-state index in [1.165, 1.54) is 19.5 Å². The van der Waals surface area contributed by atoms with E-state index in [1.54, 1.807) is 22.7 Å². The molecule has 2 aromatic rings. The molecular weight excluding hydrogens is 314 g/mol. The van der Waals surface area contributed by atoms with Gasteiger partial charge in [-0.2, -0.15) is 0 Å². The lowest BCUT2D eigenvalue weighted by Crippen LogP contribution is -2.46. The zero-order valence-electron chi connectivity index (χ0n) is 12.9. The molecule has 1 fully saturated rings. The fourth-order valence-corrected chi connectivity index (χ4v) is 5.31. The van der Waals surface area contributed by atoms with Crippen LogP contribution >= 0.6 is 22.7 Å². The van der Waals surface area contributed by atoms with Crippen molar-refractivity contribution >= 4 is 28.6 Å². The molecule has 118 valence electrons. The van der Waals surface area contributed by atoms with Gasteiger partial charge in [0.25, 0.3) is 0 Å². The first kappa shape index (κ1) is 15.7. The molecule has 1 aliphatic heterocycles. The second kappa shape index (κ2) is 6.52. The Kier molecular flexibility index (Phi) is 4.66. The number of hydrogen-bond donors (Lipinski definition) is 1. The van der Waals surface area contributed by atoms with Gasteiger partial charge in [0, 0.05) is 19.5 Å². The predicted octanol–water partition coefficient (Wildman–Crippen LogP) is 4.45. The molecule has 1 aliphatic rings. The maximum Gasteiger partial charge on any atom is 0.320 e. The second-order valence-corrected chi connectivity index (χ2v) is 8.53. The van der Waals surface area contributed by atoms with Crippen LogP contribution in [0.4, 0.5) is 0 Å². The van der Waals surface area contributed by atoms with Gasteiger partial charge in [0.2, 0.25) is 0 Å². The summed E-state index contributed by atoms with van der Waals surface area (Å²) in [7, 11) is 0. The molecule has 2 aromatic heterocycles. The molecule has 0 aromatic carbocycles. The third-order valence-electron chi connectivity index (χ3n) is 4.22. The lowest BCUT2D eigenvalue weighted by Gasteiger charge is -2.38. The fraction of sp³-hybridized carbons (Fsp3) is 0.471. The lowest BCUT2D eigenvalue weighted by atomic mass is 9.98. The summed E-state index contributed by atoms with van der Waals surface area (Å²) in [4.78, 5) is 19.0. The van der Waals surface area contributed by atoms with Crippen LogP contribution in [-0.4, -0.2) is 28.6 Å². The number of carboxylic acid groups (broad SMARTS) is 1. The van der Waals surface area contributed by atoms with Gasteiger partial charge in [0.05, 0.1) is 6.04 Å². The quantitative estimate of drug-likeness (QED) is 0.897. The van der Waals surface area contributed by atoms with Crippen LogP contribution in [0.3, 0.4) is 0 Å². The Hall–Kier alpha value is -1.17. The van der Waals surface area contributed by atoms with E-state index >= 15 is 0 Å². The van der Waals surface area contributed by atoms with E-state index in [1.807, 2.05) is 0 Å². The molecule has 3 nitrogen and oxygen atoms in total. The Morgan fingerprint density at radius 1 is 1.14 bits per heavy atom. The number of hydrogen-bond acceptors (Lipinski definition) is 4. The lowest BCUT2D eigenvalue weighted by molar-refractivity contribution is -0.145. The van der Waals surface area contributed by atoms with Gasteiger partial charge < -0.3 is 5.11 Å². The van der Waals surface area contributed by atoms with Crippen molar-refractivity contribution in [2.75, 3.05) is 6.54 Å². The summed E-state index contributed by atoms with van der Waals surface area (Å²) in [6.45, 7) is 5.07. The first-order valence-corrected chi connectivity index (χ1v) is 9.31. The van der Waals surface area contributed by atoms with Crippen LogP contribution in [0.2, 0.25) is 0 Å². The van der Waals surface area contributed by atoms with Crippen molar-refractivity contribution in [2.45, 2.75) is 45.2 Å². The Labute approximate surface area is 139 Å². The van der Waals surface area contributed by atoms with Crippen LogP contribution in [0, 0.1) is 13.8 Å². The van der Waals surface area contributed by atoms with E-state index in [0.717, 1.165) is 25.8 Å². The van der Waals surface area contributed by atoms with Crippen molar-refractivity contribution in [1.82, 2.24) is 4.90 Å². The van der Waals surface area contributed by atoms with Crippen LogP contribution in [-0.2, 0) is 4.79 Å². The molecule has 22 heavy (non-hydrogen) atoms. The highest BCUT2D eigenvalue weighted by molar-refractivity contribution is 7.13. The summed E-state index contributed by atoms with van der Waals surface area (Å²) in [5, 5.41) is 9.63. The SMILES string of the molecule is Cc1ccc(C(c2ccc(C)s2)N2CCCCC2C(=O)O)s1. The standard InChI is InChI=1S/C17H21NO2S2/c1-11-6-8-14(21-11)16(15-9-7-12(2)22-15)18-10-4-3-5-13(18)17(19)20/h6-9,13,16H,3-5,10H2,1-2H3,(H,19,20). The van der Waals surface area contributed by atoms with E-state index < -0.39 is 5.97 Å². The fourth-order valence-electron chi connectivity index (χ4n) is 3.20. The Morgan fingerprint density at radius 3 is 2.18 bits per heavy atom. The van der Waals surface area contributed by atoms with Gasteiger partial charge in [0.15, 0.2) is 0 Å². The summed E-state index contributed by atoms with van der Waals surface area (Å²) in [5.41, 5.74) is 0. The highest BCUT2D eigenvalue weighted by atomic mass is 32.1. The molecule has 0 spiro atoms. The molecule has 1 N–H and O–H groups in total. The highest BCUT2D eigenvalue weighted by Gasteiger charge is 2.36. The van der Waals surface area contributed by atoms with E-state index in [2.05, 4.69) is 43.0 Å². The number of aryl methyl sites for hydroxylation is 2. The van der Waals surface area contributed by atoms with Crippen molar-refractivity contribution in [3.63, 3.8) is 0 Å². The summed E-state index contributed by atoms with van der Waals surface area (Å²) >= 11 is 3.56. The van der Waals surface area contributed by atoms with Gasteiger partial charge >= 0.3 is 5.97 Å². The molecule has 1 atom stereocenters. The van der Waals surface area contributed by atoms with Crippen molar-refractivity contribution in [1.29, 1.82) is 0 Å². The molecule has 0 bridgehead atoms. The van der Waals surface area contributed by atoms with Crippen molar-refractivity contribution in [3.05, 3.63) is 43.8 Å². The zero-order chi connectivity index (χ0) is 15.7. The van der Waals surface area contributed by atoms with E-state index in [4.69, 9.17) is 0 Å². The molecule has 0 saturated carbocycles. The number of likely N-dealkylation sites (tertiary alicyclic amines) is 1. The summed E-state index contributed by atoms with van der Waals surface area (Å²) in [6.07, 6.45) is 2.84. The van der Waals surface area contributed by atoms with Gasteiger partial charge in [-0.3, -0.25) is 9.69 Å². The minimum Gasteiger partial charge on any atom is -0.480 e. The van der Waals surface area contributed by atoms with Crippen LogP contribution in [0.25, 0.3) is 0 Å². The number of carboxylic acids is 1. The number of rotatable bonds is 4. The van der Waals surface area contributed by atoms with Gasteiger partial charge in [-0.25, -0.2) is 0 Å². The zero-order valence-corrected chi connectivity index (χ0v) is 14.5. The number of nitrogens with zero attached hydrogens (tertiary/aromatic N) is 1. The Bertz CT molecular complexity index is 621. The van der Waals surface area contributed by atoms with E-state index in [9.17, 15) is 9.90 Å². The van der Waals surface area contributed by atoms with Gasteiger partial charge in [-0.05, 0) is 57.5 Å². The maximum atomic E-state index is 11.7. The van der Waals surface area contributed by atoms with Crippen molar-refractivity contribution in [2.24, 2.45) is 0 Å².